The molecule has 2 nitrogen and oxygen atoms in total. The van der Waals surface area contributed by atoms with Crippen LogP contribution in [0, 0.1) is 0 Å². The molecular weight excluding hydrogens is 421 g/mol. The third kappa shape index (κ3) is 3.88. The zero-order valence-corrected chi connectivity index (χ0v) is 18.3. The fourth-order valence-corrected chi connectivity index (χ4v) is 4.52. The van der Waals surface area contributed by atoms with Crippen LogP contribution in [0.25, 0.3) is 22.0 Å². The molecule has 1 aromatic heterocycles. The zero-order valence-electron chi connectivity index (χ0n) is 18.3. The van der Waals surface area contributed by atoms with E-state index in [0.29, 0.717) is 0 Å². The number of H-pyrrole nitrogens is 1. The summed E-state index contributed by atoms with van der Waals surface area (Å²) in [5.74, 6) is 0. The van der Waals surface area contributed by atoms with E-state index in [1.54, 1.807) is 12.1 Å². The molecule has 0 fully saturated rings. The topological polar surface area (TPSA) is 18.8 Å². The van der Waals surface area contributed by atoms with Gasteiger partial charge in [0.2, 0.25) is 5.69 Å². The maximum atomic E-state index is 13.2. The molecule has 0 saturated heterocycles. The number of alkyl halides is 3. The molecule has 0 unspecified atom stereocenters. The molecule has 33 heavy (non-hydrogen) atoms. The Morgan fingerprint density at radius 1 is 0.909 bits per heavy atom. The number of hydrogen-bond donors (Lipinski definition) is 1. The first-order valence-electron chi connectivity index (χ1n) is 11.2. The Hall–Kier alpha value is -3.60. The molecule has 3 aromatic carbocycles. The summed E-state index contributed by atoms with van der Waals surface area (Å²) in [6, 6.07) is 21.7. The Balaban J connectivity index is 1.78. The van der Waals surface area contributed by atoms with Crippen LogP contribution in [0.2, 0.25) is 0 Å². The van der Waals surface area contributed by atoms with E-state index < -0.39 is 11.7 Å². The van der Waals surface area contributed by atoms with Gasteiger partial charge in [0.25, 0.3) is 0 Å². The average Bonchev–Trinajstić information content (AvgIpc) is 3.40. The summed E-state index contributed by atoms with van der Waals surface area (Å²) in [6.45, 7) is 3.06. The third-order valence-corrected chi connectivity index (χ3v) is 6.17. The number of fused-ring (bicyclic) bond motifs is 2. The monoisotopic (exact) mass is 445 g/mol. The molecule has 4 aromatic rings. The Morgan fingerprint density at radius 3 is 2.39 bits per heavy atom. The third-order valence-electron chi connectivity index (χ3n) is 6.17. The maximum Gasteiger partial charge on any atom is 0.416 e. The van der Waals surface area contributed by atoms with Gasteiger partial charge in [-0.15, -0.1) is 0 Å². The fourth-order valence-electron chi connectivity index (χ4n) is 4.52. The number of halogens is 3. The lowest BCUT2D eigenvalue weighted by Gasteiger charge is -2.12. The number of aromatic nitrogens is 1. The molecule has 0 spiro atoms. The first kappa shape index (κ1) is 21.3. The highest BCUT2D eigenvalue weighted by Crippen LogP contribution is 2.41. The lowest BCUT2D eigenvalue weighted by Crippen LogP contribution is -2.05. The number of hydrogen-bond acceptors (Lipinski definition) is 0. The number of benzene rings is 3. The van der Waals surface area contributed by atoms with Crippen LogP contribution < -0.4 is 0 Å². The molecule has 0 saturated carbocycles. The first-order chi connectivity index (χ1) is 16.0. The van der Waals surface area contributed by atoms with Gasteiger partial charge in [0.15, 0.2) is 6.21 Å². The van der Waals surface area contributed by atoms with E-state index in [1.165, 1.54) is 12.1 Å². The largest absolute Gasteiger partial charge is 0.416 e. The Kier molecular flexibility index (Phi) is 5.41. The minimum atomic E-state index is -4.37. The number of nitrogens with zero attached hydrogens (tertiary/aromatic N) is 1. The van der Waals surface area contributed by atoms with Crippen molar-refractivity contribution in [2.24, 2.45) is 0 Å². The van der Waals surface area contributed by atoms with Gasteiger partial charge in [-0.25, -0.2) is 0 Å². The van der Waals surface area contributed by atoms with Crippen LogP contribution in [0.4, 0.5) is 18.9 Å². The standard InChI is InChI=1S/C28H23F3N2/c1-2-3-16-33-18-24(22-9-5-7-11-26(22)33)27(19-12-14-20(15-13-19)28(29,30)31)23-17-32-25-10-6-4-8-21(23)25/h4-15,17-18H,2-3,16H2,1H3/p+1. The minimum Gasteiger partial charge on any atom is -0.361 e. The van der Waals surface area contributed by atoms with Gasteiger partial charge in [0.1, 0.15) is 6.54 Å². The SMILES string of the molecule is CCCC[N+]1=C/C(=C(\c2ccc(C(F)(F)F)cc2)c2c[nH]c3ccccc23)c2ccccc21. The van der Waals surface area contributed by atoms with E-state index in [-0.39, 0.29) is 0 Å². The van der Waals surface area contributed by atoms with Gasteiger partial charge in [-0.1, -0.05) is 55.8 Å². The highest BCUT2D eigenvalue weighted by atomic mass is 19.4. The van der Waals surface area contributed by atoms with Crippen molar-refractivity contribution in [1.29, 1.82) is 0 Å². The molecular formula is C28H24F3N2+. The van der Waals surface area contributed by atoms with Gasteiger partial charge in [0.05, 0.1) is 16.7 Å². The highest BCUT2D eigenvalue weighted by Gasteiger charge is 2.32. The molecule has 0 atom stereocenters. The molecule has 5 rings (SSSR count). The predicted molar refractivity (Wildman–Crippen MR) is 128 cm³/mol. The minimum absolute atomic E-state index is 0.644. The molecule has 1 aliphatic rings. The van der Waals surface area contributed by atoms with Crippen molar-refractivity contribution in [3.63, 3.8) is 0 Å². The quantitative estimate of drug-likeness (QED) is 0.304. The highest BCUT2D eigenvalue weighted by molar-refractivity contribution is 6.25. The Bertz CT molecular complexity index is 1370. The predicted octanol–water partition coefficient (Wildman–Crippen LogP) is 7.67. The van der Waals surface area contributed by atoms with E-state index in [4.69, 9.17) is 0 Å². The van der Waals surface area contributed by atoms with E-state index in [0.717, 1.165) is 63.8 Å². The van der Waals surface area contributed by atoms with Crippen LogP contribution in [-0.4, -0.2) is 22.3 Å². The lowest BCUT2D eigenvalue weighted by molar-refractivity contribution is -0.432. The van der Waals surface area contributed by atoms with Gasteiger partial charge in [-0.2, -0.15) is 17.7 Å². The van der Waals surface area contributed by atoms with Gasteiger partial charge in [-0.05, 0) is 29.8 Å². The molecule has 0 amide bonds. The summed E-state index contributed by atoms with van der Waals surface area (Å²) in [5.41, 5.74) is 6.24. The number of rotatable bonds is 5. The second-order valence-electron chi connectivity index (χ2n) is 8.30. The van der Waals surface area contributed by atoms with Gasteiger partial charge in [0, 0.05) is 40.7 Å². The summed E-state index contributed by atoms with van der Waals surface area (Å²) in [7, 11) is 0. The van der Waals surface area contributed by atoms with Crippen LogP contribution in [-0.2, 0) is 6.18 Å². The summed E-state index contributed by atoms with van der Waals surface area (Å²) >= 11 is 0. The number of para-hydroxylation sites is 2. The van der Waals surface area contributed by atoms with E-state index >= 15 is 0 Å². The normalized spacial score (nSPS) is 15.0. The van der Waals surface area contributed by atoms with Crippen molar-refractivity contribution >= 4 is 34.0 Å². The molecule has 2 heterocycles. The smallest absolute Gasteiger partial charge is 0.361 e. The summed E-state index contributed by atoms with van der Waals surface area (Å²) in [5, 5.41) is 1.04. The number of unbranched alkanes of at least 4 members (excludes halogenated alkanes) is 1. The van der Waals surface area contributed by atoms with Crippen molar-refractivity contribution in [2.45, 2.75) is 25.9 Å². The van der Waals surface area contributed by atoms with Crippen LogP contribution >= 0.6 is 0 Å². The lowest BCUT2D eigenvalue weighted by atomic mass is 9.89. The summed E-state index contributed by atoms with van der Waals surface area (Å²) < 4.78 is 42.0. The average molecular weight is 446 g/mol. The van der Waals surface area contributed by atoms with Gasteiger partial charge in [-0.3, -0.25) is 0 Å². The Labute approximate surface area is 190 Å². The number of aromatic amines is 1. The van der Waals surface area contributed by atoms with Crippen LogP contribution in [0.5, 0.6) is 0 Å². The van der Waals surface area contributed by atoms with E-state index in [9.17, 15) is 13.2 Å². The van der Waals surface area contributed by atoms with Crippen LogP contribution in [0.15, 0.2) is 79.0 Å². The van der Waals surface area contributed by atoms with Crippen molar-refractivity contribution in [1.82, 2.24) is 4.98 Å². The van der Waals surface area contributed by atoms with Crippen molar-refractivity contribution in [3.05, 3.63) is 101 Å². The van der Waals surface area contributed by atoms with Crippen molar-refractivity contribution in [2.75, 3.05) is 6.54 Å². The first-order valence-corrected chi connectivity index (χ1v) is 11.2. The zero-order chi connectivity index (χ0) is 23.0. The second kappa shape index (κ2) is 8.39. The van der Waals surface area contributed by atoms with Crippen molar-refractivity contribution < 1.29 is 17.7 Å². The molecule has 1 aliphatic heterocycles. The number of nitrogens with one attached hydrogen (secondary N) is 1. The molecule has 0 aliphatic carbocycles. The molecule has 5 heteroatoms. The van der Waals surface area contributed by atoms with E-state index in [1.807, 2.05) is 42.6 Å². The molecule has 0 radical (unpaired) electrons. The van der Waals surface area contributed by atoms with Crippen LogP contribution in [0.1, 0.15) is 42.0 Å². The van der Waals surface area contributed by atoms with Gasteiger partial charge >= 0.3 is 6.18 Å². The van der Waals surface area contributed by atoms with Gasteiger partial charge < -0.3 is 4.98 Å². The number of allylic oxidation sites excluding steroid dienone is 1. The molecule has 0 bridgehead atoms. The summed E-state index contributed by atoms with van der Waals surface area (Å²) in [6.07, 6.45) is 1.88. The molecule has 166 valence electrons. The Morgan fingerprint density at radius 2 is 1.64 bits per heavy atom. The van der Waals surface area contributed by atoms with Crippen LogP contribution in [0.3, 0.4) is 0 Å². The maximum absolute atomic E-state index is 13.2. The second-order valence-corrected chi connectivity index (χ2v) is 8.30. The molecule has 1 N–H and O–H groups in total. The summed E-state index contributed by atoms with van der Waals surface area (Å²) in [4.78, 5) is 3.33. The fraction of sp³-hybridized carbons (Fsp3) is 0.179. The van der Waals surface area contributed by atoms with E-state index in [2.05, 4.69) is 34.8 Å². The van der Waals surface area contributed by atoms with Crippen molar-refractivity contribution in [3.8, 4) is 0 Å².